The molecule has 1 N–H and O–H groups in total. The van der Waals surface area contributed by atoms with E-state index in [0.29, 0.717) is 0 Å². The van der Waals surface area contributed by atoms with E-state index in [1.165, 1.54) is 0 Å². The number of piperidine rings is 1. The summed E-state index contributed by atoms with van der Waals surface area (Å²) in [6.45, 7) is -0.177. The molecule has 0 aliphatic carbocycles. The van der Waals surface area contributed by atoms with Crippen LogP contribution in [0, 0.1) is 0 Å². The minimum atomic E-state index is -1.11. The highest BCUT2D eigenvalue weighted by Crippen LogP contribution is 2.15. The SMILES string of the molecule is COC(=O)N1CC(=O)CCC1C(=O)O. The van der Waals surface area contributed by atoms with Crippen molar-refractivity contribution >= 4 is 17.8 Å². The Labute approximate surface area is 80.4 Å². The Morgan fingerprint density at radius 2 is 2.21 bits per heavy atom. The molecule has 1 amide bonds. The normalized spacial score (nSPS) is 21.9. The van der Waals surface area contributed by atoms with Crippen LogP contribution in [0.25, 0.3) is 0 Å². The zero-order chi connectivity index (χ0) is 10.7. The molecule has 6 nitrogen and oxygen atoms in total. The second-order valence-corrected chi connectivity index (χ2v) is 3.03. The zero-order valence-electron chi connectivity index (χ0n) is 7.73. The van der Waals surface area contributed by atoms with E-state index >= 15 is 0 Å². The summed E-state index contributed by atoms with van der Waals surface area (Å²) in [6, 6.07) is -0.944. The van der Waals surface area contributed by atoms with E-state index in [4.69, 9.17) is 5.11 Å². The molecule has 78 valence electrons. The molecule has 1 unspecified atom stereocenters. The summed E-state index contributed by atoms with van der Waals surface area (Å²) in [5.41, 5.74) is 0. The fourth-order valence-corrected chi connectivity index (χ4v) is 1.40. The van der Waals surface area contributed by atoms with Crippen molar-refractivity contribution in [1.29, 1.82) is 0 Å². The smallest absolute Gasteiger partial charge is 0.410 e. The lowest BCUT2D eigenvalue weighted by atomic mass is 10.0. The number of Topliss-reactive ketones (excluding diaryl/α,β-unsaturated/α-hetero) is 1. The number of ketones is 1. The lowest BCUT2D eigenvalue weighted by molar-refractivity contribution is -0.145. The number of amides is 1. The number of carboxylic acids is 1. The second-order valence-electron chi connectivity index (χ2n) is 3.03. The Kier molecular flexibility index (Phi) is 3.06. The lowest BCUT2D eigenvalue weighted by Gasteiger charge is -2.30. The molecule has 0 aromatic heterocycles. The maximum Gasteiger partial charge on any atom is 0.410 e. The third-order valence-electron chi connectivity index (χ3n) is 2.11. The average Bonchev–Trinajstić information content (AvgIpc) is 2.16. The number of hydrogen-bond acceptors (Lipinski definition) is 4. The minimum absolute atomic E-state index is 0.145. The lowest BCUT2D eigenvalue weighted by Crippen LogP contribution is -2.50. The van der Waals surface area contributed by atoms with Gasteiger partial charge in [0.15, 0.2) is 5.78 Å². The molecule has 0 aromatic rings. The molecule has 0 spiro atoms. The van der Waals surface area contributed by atoms with Gasteiger partial charge in [0, 0.05) is 6.42 Å². The Balaban J connectivity index is 2.78. The second kappa shape index (κ2) is 4.08. The number of aliphatic carboxylic acids is 1. The molecule has 0 aromatic carbocycles. The van der Waals surface area contributed by atoms with Crippen LogP contribution in [0.4, 0.5) is 4.79 Å². The van der Waals surface area contributed by atoms with Gasteiger partial charge in [-0.25, -0.2) is 9.59 Å². The van der Waals surface area contributed by atoms with Gasteiger partial charge < -0.3 is 9.84 Å². The van der Waals surface area contributed by atoms with Crippen LogP contribution in [-0.4, -0.2) is 47.5 Å². The van der Waals surface area contributed by atoms with Crippen molar-refractivity contribution < 1.29 is 24.2 Å². The number of methoxy groups -OCH3 is 1. The first-order chi connectivity index (χ1) is 6.56. The molecule has 1 rings (SSSR count). The first-order valence-electron chi connectivity index (χ1n) is 4.15. The van der Waals surface area contributed by atoms with Gasteiger partial charge in [0.25, 0.3) is 0 Å². The summed E-state index contributed by atoms with van der Waals surface area (Å²) in [5.74, 6) is -1.25. The van der Waals surface area contributed by atoms with E-state index < -0.39 is 18.1 Å². The number of rotatable bonds is 1. The highest BCUT2D eigenvalue weighted by atomic mass is 16.5. The summed E-state index contributed by atoms with van der Waals surface area (Å²) in [5, 5.41) is 8.78. The highest BCUT2D eigenvalue weighted by molar-refractivity contribution is 5.89. The van der Waals surface area contributed by atoms with E-state index in [0.717, 1.165) is 12.0 Å². The molecular weight excluding hydrogens is 190 g/mol. The Morgan fingerprint density at radius 3 is 2.71 bits per heavy atom. The molecule has 1 heterocycles. The zero-order valence-corrected chi connectivity index (χ0v) is 7.73. The molecule has 1 fully saturated rings. The van der Waals surface area contributed by atoms with Gasteiger partial charge in [-0.3, -0.25) is 9.69 Å². The van der Waals surface area contributed by atoms with E-state index in [1.807, 2.05) is 0 Å². The highest BCUT2D eigenvalue weighted by Gasteiger charge is 2.35. The number of carboxylic acid groups (broad SMARTS) is 1. The minimum Gasteiger partial charge on any atom is -0.480 e. The number of hydrogen-bond donors (Lipinski definition) is 1. The van der Waals surface area contributed by atoms with E-state index in [9.17, 15) is 14.4 Å². The molecule has 0 radical (unpaired) electrons. The third-order valence-corrected chi connectivity index (χ3v) is 2.11. The summed E-state index contributed by atoms with van der Waals surface area (Å²) in [7, 11) is 1.15. The predicted octanol–water partition coefficient (Wildman–Crippen LogP) is -0.129. The first-order valence-corrected chi connectivity index (χ1v) is 4.15. The van der Waals surface area contributed by atoms with Gasteiger partial charge in [0.1, 0.15) is 6.04 Å². The Bertz CT molecular complexity index is 275. The van der Waals surface area contributed by atoms with Crippen molar-refractivity contribution in [2.75, 3.05) is 13.7 Å². The van der Waals surface area contributed by atoms with Crippen molar-refractivity contribution in [2.24, 2.45) is 0 Å². The van der Waals surface area contributed by atoms with Crippen LogP contribution in [0.2, 0.25) is 0 Å². The van der Waals surface area contributed by atoms with Gasteiger partial charge in [-0.15, -0.1) is 0 Å². The molecule has 1 aliphatic heterocycles. The summed E-state index contributed by atoms with van der Waals surface area (Å²) in [6.07, 6.45) is -0.418. The predicted molar refractivity (Wildman–Crippen MR) is 44.8 cm³/mol. The van der Waals surface area contributed by atoms with Gasteiger partial charge in [-0.05, 0) is 6.42 Å². The van der Waals surface area contributed by atoms with Crippen molar-refractivity contribution in [3.8, 4) is 0 Å². The van der Waals surface area contributed by atoms with Gasteiger partial charge in [-0.2, -0.15) is 0 Å². The van der Waals surface area contributed by atoms with Crippen LogP contribution < -0.4 is 0 Å². The molecule has 6 heteroatoms. The Morgan fingerprint density at radius 1 is 1.57 bits per heavy atom. The molecular formula is C8H11NO5. The number of ether oxygens (including phenoxy) is 1. The van der Waals surface area contributed by atoms with Crippen molar-refractivity contribution in [2.45, 2.75) is 18.9 Å². The monoisotopic (exact) mass is 201 g/mol. The number of likely N-dealkylation sites (tertiary alicyclic amines) is 1. The number of nitrogens with zero attached hydrogens (tertiary/aromatic N) is 1. The van der Waals surface area contributed by atoms with Crippen LogP contribution >= 0.6 is 0 Å². The van der Waals surface area contributed by atoms with E-state index in [1.54, 1.807) is 0 Å². The van der Waals surface area contributed by atoms with Crippen LogP contribution in [0.3, 0.4) is 0 Å². The quantitative estimate of drug-likeness (QED) is 0.638. The summed E-state index contributed by atoms with van der Waals surface area (Å²) in [4.78, 5) is 33.8. The molecule has 1 atom stereocenters. The fourth-order valence-electron chi connectivity index (χ4n) is 1.40. The van der Waals surface area contributed by atoms with Gasteiger partial charge in [-0.1, -0.05) is 0 Å². The van der Waals surface area contributed by atoms with Crippen LogP contribution in [0.1, 0.15) is 12.8 Å². The van der Waals surface area contributed by atoms with Crippen molar-refractivity contribution in [1.82, 2.24) is 4.90 Å². The summed E-state index contributed by atoms with van der Waals surface area (Å²) < 4.78 is 4.39. The van der Waals surface area contributed by atoms with E-state index in [2.05, 4.69) is 4.74 Å². The van der Waals surface area contributed by atoms with Gasteiger partial charge >= 0.3 is 12.1 Å². The van der Waals surface area contributed by atoms with Crippen molar-refractivity contribution in [3.05, 3.63) is 0 Å². The van der Waals surface area contributed by atoms with Crippen molar-refractivity contribution in [3.63, 3.8) is 0 Å². The maximum atomic E-state index is 11.1. The summed E-state index contributed by atoms with van der Waals surface area (Å²) >= 11 is 0. The van der Waals surface area contributed by atoms with Crippen LogP contribution in [-0.2, 0) is 14.3 Å². The molecule has 0 bridgehead atoms. The Hall–Kier alpha value is -1.59. The molecule has 14 heavy (non-hydrogen) atoms. The molecule has 0 saturated carbocycles. The van der Waals surface area contributed by atoms with Crippen LogP contribution in [0.15, 0.2) is 0 Å². The van der Waals surface area contributed by atoms with Crippen LogP contribution in [0.5, 0.6) is 0 Å². The topological polar surface area (TPSA) is 83.9 Å². The van der Waals surface area contributed by atoms with E-state index in [-0.39, 0.29) is 25.2 Å². The average molecular weight is 201 g/mol. The number of carbonyl (C=O) groups is 3. The van der Waals surface area contributed by atoms with Gasteiger partial charge in [0.05, 0.1) is 13.7 Å². The standard InChI is InChI=1S/C8H11NO5/c1-14-8(13)9-4-5(10)2-3-6(9)7(11)12/h6H,2-4H2,1H3,(H,11,12). The fraction of sp³-hybridized carbons (Fsp3) is 0.625. The van der Waals surface area contributed by atoms with Gasteiger partial charge in [0.2, 0.25) is 0 Å². The number of carbonyl (C=O) groups excluding carboxylic acids is 2. The molecule has 1 aliphatic rings. The third kappa shape index (κ3) is 2.01. The maximum absolute atomic E-state index is 11.1. The largest absolute Gasteiger partial charge is 0.480 e. The first kappa shape index (κ1) is 10.5. The molecule has 1 saturated heterocycles.